The molecular weight excluding hydrogens is 404 g/mol. The number of β-amino-alcohol motifs (C(OH)–C–C–N with tert-alkyl or cyclic N) is 1. The molecule has 1 saturated carbocycles. The second-order valence-electron chi connectivity index (χ2n) is 8.30. The largest absolute Gasteiger partial charge is 0.394 e. The van der Waals surface area contributed by atoms with Crippen molar-refractivity contribution in [2.75, 3.05) is 19.8 Å². The van der Waals surface area contributed by atoms with Gasteiger partial charge in [-0.05, 0) is 32.1 Å². The van der Waals surface area contributed by atoms with Crippen LogP contribution in [0.4, 0.5) is 0 Å². The Bertz CT molecular complexity index is 480. The zero-order valence-electron chi connectivity index (χ0n) is 16.9. The SMILES string of the molecule is NC1CCC(C[C@H](O)[C@@H](O)[C@H](O)[C@@H](O)CO)(NC[C@H](O)[C@@H](O)[C@H](O)[C@H](O)CO)CC1. The highest BCUT2D eigenvalue weighted by atomic mass is 16.4. The van der Waals surface area contributed by atoms with Crippen LogP contribution in [0.2, 0.25) is 0 Å². The van der Waals surface area contributed by atoms with Crippen LogP contribution in [0.1, 0.15) is 32.1 Å². The van der Waals surface area contributed by atoms with Crippen molar-refractivity contribution < 1.29 is 51.1 Å². The second kappa shape index (κ2) is 12.5. The van der Waals surface area contributed by atoms with Gasteiger partial charge in [-0.2, -0.15) is 0 Å². The Morgan fingerprint density at radius 1 is 0.700 bits per heavy atom. The lowest BCUT2D eigenvalue weighted by molar-refractivity contribution is -0.124. The lowest BCUT2D eigenvalue weighted by atomic mass is 9.75. The summed E-state index contributed by atoms with van der Waals surface area (Å²) < 4.78 is 0. The Balaban J connectivity index is 2.81. The molecule has 0 unspecified atom stereocenters. The van der Waals surface area contributed by atoms with E-state index in [9.17, 15) is 40.9 Å². The molecule has 1 rings (SSSR count). The molecule has 12 heteroatoms. The van der Waals surface area contributed by atoms with Crippen LogP contribution in [-0.2, 0) is 0 Å². The minimum atomic E-state index is -1.77. The minimum Gasteiger partial charge on any atom is -0.394 e. The van der Waals surface area contributed by atoms with Gasteiger partial charge in [-0.15, -0.1) is 0 Å². The summed E-state index contributed by atoms with van der Waals surface area (Å²) in [5, 5.41) is 99.9. The van der Waals surface area contributed by atoms with Crippen molar-refractivity contribution in [3.05, 3.63) is 0 Å². The fraction of sp³-hybridized carbons (Fsp3) is 1.00. The normalized spacial score (nSPS) is 30.7. The first kappa shape index (κ1) is 27.6. The monoisotopic (exact) mass is 442 g/mol. The van der Waals surface area contributed by atoms with E-state index in [0.29, 0.717) is 25.7 Å². The van der Waals surface area contributed by atoms with Gasteiger partial charge in [-0.3, -0.25) is 0 Å². The fourth-order valence-electron chi connectivity index (χ4n) is 3.74. The summed E-state index contributed by atoms with van der Waals surface area (Å²) >= 11 is 0. The van der Waals surface area contributed by atoms with Crippen molar-refractivity contribution in [3.8, 4) is 0 Å². The summed E-state index contributed by atoms with van der Waals surface area (Å²) in [6, 6.07) is -0.0687. The Kier molecular flexibility index (Phi) is 11.5. The van der Waals surface area contributed by atoms with Crippen LogP contribution >= 0.6 is 0 Å². The molecule has 180 valence electrons. The van der Waals surface area contributed by atoms with E-state index in [1.807, 2.05) is 0 Å². The number of aliphatic hydroxyl groups is 10. The maximum Gasteiger partial charge on any atom is 0.111 e. The van der Waals surface area contributed by atoms with Gasteiger partial charge in [-0.25, -0.2) is 0 Å². The molecule has 13 N–H and O–H groups in total. The lowest BCUT2D eigenvalue weighted by Crippen LogP contribution is -2.58. The predicted octanol–water partition coefficient (Wildman–Crippen LogP) is -5.52. The highest BCUT2D eigenvalue weighted by Crippen LogP contribution is 2.33. The first-order chi connectivity index (χ1) is 14.0. The van der Waals surface area contributed by atoms with Crippen LogP contribution in [0.3, 0.4) is 0 Å². The molecule has 0 aromatic carbocycles. The molecule has 1 aliphatic rings. The average Bonchev–Trinajstić information content (AvgIpc) is 2.75. The van der Waals surface area contributed by atoms with E-state index >= 15 is 0 Å². The molecule has 0 aromatic rings. The number of aliphatic hydroxyl groups excluding tert-OH is 10. The maximum atomic E-state index is 10.4. The molecule has 0 spiro atoms. The molecule has 0 aromatic heterocycles. The van der Waals surface area contributed by atoms with Gasteiger partial charge >= 0.3 is 0 Å². The molecule has 8 atom stereocenters. The Hall–Kier alpha value is -0.480. The number of hydrogen-bond acceptors (Lipinski definition) is 12. The first-order valence-electron chi connectivity index (χ1n) is 10.1. The average molecular weight is 443 g/mol. The lowest BCUT2D eigenvalue weighted by Gasteiger charge is -2.43. The summed E-state index contributed by atoms with van der Waals surface area (Å²) in [5.41, 5.74) is 5.10. The predicted molar refractivity (Wildman–Crippen MR) is 104 cm³/mol. The Morgan fingerprint density at radius 3 is 1.53 bits per heavy atom. The van der Waals surface area contributed by atoms with Gasteiger partial charge in [0.25, 0.3) is 0 Å². The molecule has 0 amide bonds. The van der Waals surface area contributed by atoms with Crippen LogP contribution < -0.4 is 11.1 Å². The molecule has 0 radical (unpaired) electrons. The van der Waals surface area contributed by atoms with Gasteiger partial charge < -0.3 is 62.1 Å². The molecule has 0 aliphatic heterocycles. The summed E-state index contributed by atoms with van der Waals surface area (Å²) in [6.07, 6.45) is -11.3. The number of nitrogens with two attached hydrogens (primary N) is 1. The van der Waals surface area contributed by atoms with Gasteiger partial charge in [0.15, 0.2) is 0 Å². The van der Waals surface area contributed by atoms with Crippen LogP contribution in [0, 0.1) is 0 Å². The molecule has 0 heterocycles. The smallest absolute Gasteiger partial charge is 0.111 e. The van der Waals surface area contributed by atoms with Crippen molar-refractivity contribution >= 4 is 0 Å². The molecule has 30 heavy (non-hydrogen) atoms. The van der Waals surface area contributed by atoms with E-state index in [2.05, 4.69) is 5.32 Å². The van der Waals surface area contributed by atoms with Crippen molar-refractivity contribution in [1.29, 1.82) is 0 Å². The third kappa shape index (κ3) is 7.58. The number of hydrogen-bond donors (Lipinski definition) is 12. The van der Waals surface area contributed by atoms with E-state index in [-0.39, 0.29) is 19.0 Å². The highest BCUT2D eigenvalue weighted by Gasteiger charge is 2.41. The fourth-order valence-corrected chi connectivity index (χ4v) is 3.74. The maximum absolute atomic E-state index is 10.4. The minimum absolute atomic E-state index is 0.0687. The summed E-state index contributed by atoms with van der Waals surface area (Å²) in [6.45, 7) is -1.84. The Morgan fingerprint density at radius 2 is 1.10 bits per heavy atom. The molecule has 0 bridgehead atoms. The second-order valence-corrected chi connectivity index (χ2v) is 8.30. The Labute approximate surface area is 175 Å². The first-order valence-corrected chi connectivity index (χ1v) is 10.1. The zero-order chi connectivity index (χ0) is 23.1. The van der Waals surface area contributed by atoms with E-state index in [4.69, 9.17) is 15.9 Å². The topological polar surface area (TPSA) is 240 Å². The summed E-state index contributed by atoms with van der Waals surface area (Å²) in [4.78, 5) is 0. The van der Waals surface area contributed by atoms with Crippen LogP contribution in [0.25, 0.3) is 0 Å². The standard InChI is InChI=1S/C18H38N2O10/c19-9-1-3-18(4-2-9,5-10(23)14(27)16(29)12(25)7-21)20-6-11(24)15(28)17(30)13(26)8-22/h9-17,20-30H,1-8,19H2/t9?,10-,11-,12-,13+,14+,15+,16+,17+,18?/m0/s1. The molecule has 1 fully saturated rings. The molecule has 12 nitrogen and oxygen atoms in total. The van der Waals surface area contributed by atoms with Gasteiger partial charge in [0.05, 0.1) is 25.4 Å². The van der Waals surface area contributed by atoms with Gasteiger partial charge in [-0.1, -0.05) is 0 Å². The van der Waals surface area contributed by atoms with E-state index in [1.54, 1.807) is 0 Å². The third-order valence-electron chi connectivity index (χ3n) is 5.92. The van der Waals surface area contributed by atoms with E-state index < -0.39 is 67.6 Å². The van der Waals surface area contributed by atoms with E-state index in [1.165, 1.54) is 0 Å². The molecule has 1 aliphatic carbocycles. The van der Waals surface area contributed by atoms with Crippen molar-refractivity contribution in [2.24, 2.45) is 5.73 Å². The van der Waals surface area contributed by atoms with Crippen molar-refractivity contribution in [3.63, 3.8) is 0 Å². The zero-order valence-corrected chi connectivity index (χ0v) is 16.9. The number of rotatable bonds is 13. The number of nitrogens with one attached hydrogen (secondary N) is 1. The molecule has 0 saturated heterocycles. The van der Waals surface area contributed by atoms with Gasteiger partial charge in [0, 0.05) is 18.1 Å². The third-order valence-corrected chi connectivity index (χ3v) is 5.92. The summed E-state index contributed by atoms with van der Waals surface area (Å²) in [7, 11) is 0. The van der Waals surface area contributed by atoms with E-state index in [0.717, 1.165) is 0 Å². The van der Waals surface area contributed by atoms with Gasteiger partial charge in [0.2, 0.25) is 0 Å². The quantitative estimate of drug-likeness (QED) is 0.128. The van der Waals surface area contributed by atoms with Gasteiger partial charge in [0.1, 0.15) is 36.6 Å². The molecular formula is C18H38N2O10. The van der Waals surface area contributed by atoms with Crippen LogP contribution in [-0.4, -0.2) is 131 Å². The van der Waals surface area contributed by atoms with Crippen molar-refractivity contribution in [2.45, 2.75) is 92.5 Å². The van der Waals surface area contributed by atoms with Crippen LogP contribution in [0.15, 0.2) is 0 Å². The summed E-state index contributed by atoms with van der Waals surface area (Å²) in [5.74, 6) is 0. The van der Waals surface area contributed by atoms with Crippen LogP contribution in [0.5, 0.6) is 0 Å². The highest BCUT2D eigenvalue weighted by molar-refractivity contribution is 4.98. The van der Waals surface area contributed by atoms with Crippen molar-refractivity contribution in [1.82, 2.24) is 5.32 Å².